The summed E-state index contributed by atoms with van der Waals surface area (Å²) in [6.45, 7) is 4.80. The van der Waals surface area contributed by atoms with Crippen LogP contribution in [0.25, 0.3) is 0 Å². The molecule has 2 saturated heterocycles. The minimum absolute atomic E-state index is 0.0602. The van der Waals surface area contributed by atoms with Crippen molar-refractivity contribution in [1.82, 2.24) is 10.2 Å². The number of rotatable bonds is 2. The van der Waals surface area contributed by atoms with Crippen LogP contribution in [0.2, 0.25) is 5.02 Å². The van der Waals surface area contributed by atoms with E-state index in [-0.39, 0.29) is 29.0 Å². The van der Waals surface area contributed by atoms with Gasteiger partial charge in [0.25, 0.3) is 0 Å². The van der Waals surface area contributed by atoms with Crippen molar-refractivity contribution in [2.75, 3.05) is 11.4 Å². The van der Waals surface area contributed by atoms with Crippen molar-refractivity contribution in [3.05, 3.63) is 28.8 Å². The van der Waals surface area contributed by atoms with Gasteiger partial charge in [0.2, 0.25) is 11.8 Å². The molecule has 0 aromatic heterocycles. The largest absolute Gasteiger partial charge is 0.367 e. The number of hydrogen-bond acceptors (Lipinski definition) is 4. The lowest BCUT2D eigenvalue weighted by atomic mass is 9.68. The van der Waals surface area contributed by atoms with Crippen LogP contribution in [0.15, 0.2) is 18.2 Å². The number of carbonyl (C=O) groups is 2. The topological polar surface area (TPSA) is 52.7 Å². The Morgan fingerprint density at radius 3 is 2.92 bits per heavy atom. The van der Waals surface area contributed by atoms with Gasteiger partial charge in [-0.25, -0.2) is 0 Å². The van der Waals surface area contributed by atoms with E-state index in [4.69, 9.17) is 23.8 Å². The van der Waals surface area contributed by atoms with Crippen molar-refractivity contribution in [3.8, 4) is 0 Å². The number of halogens is 1. The van der Waals surface area contributed by atoms with E-state index >= 15 is 0 Å². The highest BCUT2D eigenvalue weighted by molar-refractivity contribution is 7.80. The normalized spacial score (nSPS) is 28.9. The maximum Gasteiger partial charge on any atom is 0.247 e. The molecule has 2 amide bonds. The van der Waals surface area contributed by atoms with Gasteiger partial charge in [-0.1, -0.05) is 24.6 Å². The van der Waals surface area contributed by atoms with E-state index in [9.17, 15) is 9.59 Å². The second-order valence-electron chi connectivity index (χ2n) is 7.43. The molecular weight excluding hydrogens is 370 g/mol. The van der Waals surface area contributed by atoms with Gasteiger partial charge < -0.3 is 10.2 Å². The van der Waals surface area contributed by atoms with Crippen molar-refractivity contribution < 1.29 is 9.59 Å². The average molecular weight is 392 g/mol. The minimum Gasteiger partial charge on any atom is -0.367 e. The number of hydrogen-bond donors (Lipinski definition) is 1. The second kappa shape index (κ2) is 6.20. The van der Waals surface area contributed by atoms with E-state index in [1.165, 1.54) is 0 Å². The Morgan fingerprint density at radius 1 is 1.42 bits per heavy atom. The fourth-order valence-corrected chi connectivity index (χ4v) is 5.25. The molecule has 0 radical (unpaired) electrons. The number of fused-ring (bicyclic) bond motifs is 4. The monoisotopic (exact) mass is 391 g/mol. The Labute approximate surface area is 163 Å². The van der Waals surface area contributed by atoms with Crippen molar-refractivity contribution in [2.24, 2.45) is 5.41 Å². The average Bonchev–Trinajstić information content (AvgIpc) is 3.10. The summed E-state index contributed by atoms with van der Waals surface area (Å²) in [5.74, 6) is -0.461. The molecule has 1 aromatic rings. The molecule has 3 heterocycles. The van der Waals surface area contributed by atoms with Gasteiger partial charge in [0.15, 0.2) is 10.5 Å². The molecule has 26 heavy (non-hydrogen) atoms. The lowest BCUT2D eigenvalue weighted by molar-refractivity contribution is -0.153. The molecular formula is C19H22ClN3O2S. The number of nitrogens with zero attached hydrogens (tertiary/aromatic N) is 2. The highest BCUT2D eigenvalue weighted by Crippen LogP contribution is 2.50. The fraction of sp³-hybridized carbons (Fsp3) is 0.526. The van der Waals surface area contributed by atoms with Crippen molar-refractivity contribution in [3.63, 3.8) is 0 Å². The van der Waals surface area contributed by atoms with Crippen LogP contribution in [0.1, 0.15) is 38.7 Å². The summed E-state index contributed by atoms with van der Waals surface area (Å²) in [4.78, 5) is 30.7. The zero-order valence-electron chi connectivity index (χ0n) is 14.9. The molecule has 5 nitrogen and oxygen atoms in total. The summed E-state index contributed by atoms with van der Waals surface area (Å²) in [5.41, 5.74) is 0.766. The number of nitrogens with one attached hydrogen (secondary N) is 1. The van der Waals surface area contributed by atoms with E-state index < -0.39 is 5.41 Å². The molecule has 3 atom stereocenters. The predicted molar refractivity (Wildman–Crippen MR) is 105 cm³/mol. The van der Waals surface area contributed by atoms with Gasteiger partial charge >= 0.3 is 0 Å². The third-order valence-electron chi connectivity index (χ3n) is 6.16. The van der Waals surface area contributed by atoms with Gasteiger partial charge in [-0.3, -0.25) is 14.5 Å². The smallest absolute Gasteiger partial charge is 0.247 e. The van der Waals surface area contributed by atoms with E-state index in [0.717, 1.165) is 37.1 Å². The summed E-state index contributed by atoms with van der Waals surface area (Å²) >= 11 is 11.8. The first-order valence-corrected chi connectivity index (χ1v) is 9.93. The SMILES string of the molecule is CC[C@H](C)N1C(=O)[C@]2(Cc3c(Cl)cccc3N3CCC[C@H]32)C(=O)NC1=S. The number of carbonyl (C=O) groups excluding carboxylic acids is 2. The third-order valence-corrected chi connectivity index (χ3v) is 6.81. The van der Waals surface area contributed by atoms with Crippen LogP contribution >= 0.6 is 23.8 Å². The van der Waals surface area contributed by atoms with Gasteiger partial charge in [0, 0.05) is 29.7 Å². The quantitative estimate of drug-likeness (QED) is 0.622. The number of thiocarbonyl (C=S) groups is 1. The molecule has 1 N–H and O–H groups in total. The minimum atomic E-state index is -1.17. The molecule has 1 aromatic carbocycles. The van der Waals surface area contributed by atoms with Crippen LogP contribution in [0.4, 0.5) is 5.69 Å². The molecule has 7 heteroatoms. The van der Waals surface area contributed by atoms with Crippen LogP contribution in [-0.4, -0.2) is 40.5 Å². The van der Waals surface area contributed by atoms with E-state index in [1.807, 2.05) is 32.0 Å². The molecule has 3 aliphatic rings. The van der Waals surface area contributed by atoms with Gasteiger partial charge in [0.05, 0.1) is 6.04 Å². The molecule has 0 bridgehead atoms. The lowest BCUT2D eigenvalue weighted by Crippen LogP contribution is -2.72. The summed E-state index contributed by atoms with van der Waals surface area (Å²) in [6.07, 6.45) is 2.85. The van der Waals surface area contributed by atoms with E-state index in [0.29, 0.717) is 11.4 Å². The highest BCUT2D eigenvalue weighted by atomic mass is 35.5. The Hall–Kier alpha value is -1.66. The number of amides is 2. The van der Waals surface area contributed by atoms with Crippen LogP contribution in [0, 0.1) is 5.41 Å². The molecule has 0 aliphatic carbocycles. The first-order valence-electron chi connectivity index (χ1n) is 9.15. The van der Waals surface area contributed by atoms with Gasteiger partial charge in [0.1, 0.15) is 0 Å². The van der Waals surface area contributed by atoms with E-state index in [2.05, 4.69) is 10.2 Å². The predicted octanol–water partition coefficient (Wildman–Crippen LogP) is 2.89. The summed E-state index contributed by atoms with van der Waals surface area (Å²) in [7, 11) is 0. The van der Waals surface area contributed by atoms with Crippen LogP contribution in [0.5, 0.6) is 0 Å². The maximum absolute atomic E-state index is 13.7. The number of anilines is 1. The first-order chi connectivity index (χ1) is 12.4. The molecule has 138 valence electrons. The molecule has 0 saturated carbocycles. The van der Waals surface area contributed by atoms with Gasteiger partial charge in [-0.05, 0) is 56.1 Å². The van der Waals surface area contributed by atoms with E-state index in [1.54, 1.807) is 4.90 Å². The molecule has 2 fully saturated rings. The molecule has 3 aliphatic heterocycles. The molecule has 1 spiro atoms. The highest BCUT2D eigenvalue weighted by Gasteiger charge is 2.62. The van der Waals surface area contributed by atoms with Gasteiger partial charge in [-0.15, -0.1) is 0 Å². The lowest BCUT2D eigenvalue weighted by Gasteiger charge is -2.51. The van der Waals surface area contributed by atoms with Crippen LogP contribution in [0.3, 0.4) is 0 Å². The van der Waals surface area contributed by atoms with Crippen LogP contribution in [-0.2, 0) is 16.0 Å². The Balaban J connectivity index is 1.88. The Morgan fingerprint density at radius 2 is 2.19 bits per heavy atom. The van der Waals surface area contributed by atoms with Gasteiger partial charge in [-0.2, -0.15) is 0 Å². The van der Waals surface area contributed by atoms with Crippen LogP contribution < -0.4 is 10.2 Å². The molecule has 4 rings (SSSR count). The fourth-order valence-electron chi connectivity index (χ4n) is 4.66. The summed E-state index contributed by atoms with van der Waals surface area (Å²) in [5, 5.41) is 3.65. The maximum atomic E-state index is 13.7. The zero-order chi connectivity index (χ0) is 18.6. The first kappa shape index (κ1) is 17.7. The van der Waals surface area contributed by atoms with Crippen molar-refractivity contribution in [2.45, 2.75) is 51.6 Å². The standard InChI is InChI=1S/C19H22ClN3O2S/c1-3-11(2)23-17(25)19(16(24)21-18(23)26)10-12-13(20)6-4-7-14(12)22-9-5-8-15(19)22/h4,6-7,11,15H,3,5,8-10H2,1-2H3,(H,21,24,26)/t11-,15-,19-/m0/s1. The third kappa shape index (κ3) is 2.24. The molecule has 0 unspecified atom stereocenters. The van der Waals surface area contributed by atoms with Crippen molar-refractivity contribution >= 4 is 46.4 Å². The number of benzene rings is 1. The Kier molecular flexibility index (Phi) is 4.23. The Bertz CT molecular complexity index is 814. The summed E-state index contributed by atoms with van der Waals surface area (Å²) < 4.78 is 0. The zero-order valence-corrected chi connectivity index (χ0v) is 16.5. The van der Waals surface area contributed by atoms with Crippen molar-refractivity contribution in [1.29, 1.82) is 0 Å². The second-order valence-corrected chi connectivity index (χ2v) is 8.22. The summed E-state index contributed by atoms with van der Waals surface area (Å²) in [6, 6.07) is 5.57.